The summed E-state index contributed by atoms with van der Waals surface area (Å²) in [4.78, 5) is 17.0. The summed E-state index contributed by atoms with van der Waals surface area (Å²) in [6, 6.07) is 7.96. The topological polar surface area (TPSA) is 29.5 Å². The van der Waals surface area contributed by atoms with E-state index in [9.17, 15) is 4.79 Å². The lowest BCUT2D eigenvalue weighted by Gasteiger charge is -2.30. The van der Waals surface area contributed by atoms with Gasteiger partial charge in [0, 0.05) is 25.9 Å². The average molecular weight is 232 g/mol. The molecule has 0 unspecified atom stereocenters. The maximum atomic E-state index is 11.1. The quantitative estimate of drug-likeness (QED) is 0.801. The number of benzene rings is 1. The smallest absolute Gasteiger partial charge is 0.150 e. The third-order valence-electron chi connectivity index (χ3n) is 3.23. The van der Waals surface area contributed by atoms with Gasteiger partial charge < -0.3 is 4.84 Å². The number of carbonyl (C=O) groups is 1. The number of rotatable bonds is 3. The van der Waals surface area contributed by atoms with Gasteiger partial charge in [-0.1, -0.05) is 18.2 Å². The number of hydrogen-bond donors (Lipinski definition) is 0. The Kier molecular flexibility index (Phi) is 3.79. The van der Waals surface area contributed by atoms with E-state index >= 15 is 0 Å². The molecule has 1 aliphatic rings. The van der Waals surface area contributed by atoms with Crippen molar-refractivity contribution in [2.24, 2.45) is 5.92 Å². The molecule has 1 heterocycles. The minimum Gasteiger partial charge on any atom is -0.406 e. The first-order valence-corrected chi connectivity index (χ1v) is 6.01. The van der Waals surface area contributed by atoms with Gasteiger partial charge >= 0.3 is 0 Å². The second-order valence-electron chi connectivity index (χ2n) is 4.53. The van der Waals surface area contributed by atoms with E-state index in [0.717, 1.165) is 37.2 Å². The second kappa shape index (κ2) is 5.32. The zero-order chi connectivity index (χ0) is 12.3. The number of piperidine rings is 1. The van der Waals surface area contributed by atoms with Crippen molar-refractivity contribution >= 4 is 5.78 Å². The van der Waals surface area contributed by atoms with Crippen LogP contribution in [0.15, 0.2) is 24.3 Å². The van der Waals surface area contributed by atoms with Gasteiger partial charge in [0.25, 0.3) is 0 Å². The lowest BCUT2D eigenvalue weighted by molar-refractivity contribution is -0.125. The van der Waals surface area contributed by atoms with Crippen molar-refractivity contribution in [2.45, 2.75) is 19.8 Å². The zero-order valence-electron chi connectivity index (χ0n) is 10.2. The van der Waals surface area contributed by atoms with Crippen molar-refractivity contribution in [2.75, 3.05) is 13.1 Å². The highest BCUT2D eigenvalue weighted by Gasteiger charge is 2.23. The molecule has 0 spiro atoms. The number of carbonyl (C=O) groups excluding carboxylic acids is 1. The second-order valence-corrected chi connectivity index (χ2v) is 4.53. The molecule has 0 bridgehead atoms. The van der Waals surface area contributed by atoms with Crippen LogP contribution < -0.4 is 4.84 Å². The summed E-state index contributed by atoms with van der Waals surface area (Å²) in [7, 11) is 0. The van der Waals surface area contributed by atoms with Crippen LogP contribution in [-0.4, -0.2) is 23.9 Å². The molecule has 1 aromatic carbocycles. The Morgan fingerprint density at radius 3 is 2.59 bits per heavy atom. The standard InChI is InChI=1S/C14H18NO2/c1-11-5-3-4-6-14(11)17-15-9-7-13(8-10-15)12(2)16/h3-6,13H,2,7-10H2,1H3. The maximum Gasteiger partial charge on any atom is 0.150 e. The molecular weight excluding hydrogens is 214 g/mol. The largest absolute Gasteiger partial charge is 0.406 e. The molecule has 0 saturated carbocycles. The van der Waals surface area contributed by atoms with E-state index in [2.05, 4.69) is 6.92 Å². The molecule has 3 nitrogen and oxygen atoms in total. The van der Waals surface area contributed by atoms with Gasteiger partial charge in [0.1, 0.15) is 11.5 Å². The van der Waals surface area contributed by atoms with Gasteiger partial charge in [-0.15, -0.1) is 5.06 Å². The van der Waals surface area contributed by atoms with Gasteiger partial charge in [-0.2, -0.15) is 0 Å². The molecule has 1 radical (unpaired) electrons. The summed E-state index contributed by atoms with van der Waals surface area (Å²) in [5, 5.41) is 1.93. The van der Waals surface area contributed by atoms with Crippen molar-refractivity contribution in [1.29, 1.82) is 0 Å². The van der Waals surface area contributed by atoms with Gasteiger partial charge in [-0.25, -0.2) is 0 Å². The highest BCUT2D eigenvalue weighted by molar-refractivity contribution is 5.84. The first kappa shape index (κ1) is 12.1. The van der Waals surface area contributed by atoms with Crippen molar-refractivity contribution < 1.29 is 9.63 Å². The number of nitrogens with zero attached hydrogens (tertiary/aromatic N) is 1. The Labute approximate surface area is 102 Å². The van der Waals surface area contributed by atoms with Crippen LogP contribution in [-0.2, 0) is 4.79 Å². The number of Topliss-reactive ketones (excluding diaryl/α,β-unsaturated/α-hetero) is 1. The fraction of sp³-hybridized carbons (Fsp3) is 0.429. The summed E-state index contributed by atoms with van der Waals surface area (Å²) in [6.45, 7) is 7.10. The fourth-order valence-electron chi connectivity index (χ4n) is 2.07. The molecule has 1 aliphatic heterocycles. The third-order valence-corrected chi connectivity index (χ3v) is 3.23. The Morgan fingerprint density at radius 2 is 2.00 bits per heavy atom. The van der Waals surface area contributed by atoms with Crippen LogP contribution in [0.3, 0.4) is 0 Å². The summed E-state index contributed by atoms with van der Waals surface area (Å²) < 4.78 is 0. The predicted molar refractivity (Wildman–Crippen MR) is 66.5 cm³/mol. The Bertz CT molecular complexity index is 395. The molecular formula is C14H18NO2. The van der Waals surface area contributed by atoms with Crippen molar-refractivity contribution in [3.05, 3.63) is 36.8 Å². The fourth-order valence-corrected chi connectivity index (χ4v) is 2.07. The van der Waals surface area contributed by atoms with Crippen LogP contribution >= 0.6 is 0 Å². The summed E-state index contributed by atoms with van der Waals surface area (Å²) in [5.74, 6) is 1.07. The lowest BCUT2D eigenvalue weighted by Crippen LogP contribution is -2.38. The molecule has 91 valence electrons. The first-order valence-electron chi connectivity index (χ1n) is 6.01. The monoisotopic (exact) mass is 232 g/mol. The van der Waals surface area contributed by atoms with E-state index in [1.54, 1.807) is 0 Å². The van der Waals surface area contributed by atoms with Crippen LogP contribution in [0, 0.1) is 19.8 Å². The third kappa shape index (κ3) is 3.07. The number of para-hydroxylation sites is 1. The lowest BCUT2D eigenvalue weighted by atomic mass is 9.94. The Morgan fingerprint density at radius 1 is 1.35 bits per heavy atom. The normalized spacial score (nSPS) is 18.0. The molecule has 0 amide bonds. The van der Waals surface area contributed by atoms with Crippen molar-refractivity contribution in [1.82, 2.24) is 5.06 Å². The molecule has 0 aliphatic carbocycles. The molecule has 1 saturated heterocycles. The SMILES string of the molecule is [CH2]C(=O)C1CCN(Oc2ccccc2C)CC1. The van der Waals surface area contributed by atoms with E-state index in [1.165, 1.54) is 0 Å². The number of hydroxylamine groups is 2. The van der Waals surface area contributed by atoms with Gasteiger partial charge in [0.2, 0.25) is 0 Å². The first-order chi connectivity index (χ1) is 8.16. The van der Waals surface area contributed by atoms with Crippen LogP contribution in [0.25, 0.3) is 0 Å². The van der Waals surface area contributed by atoms with Gasteiger partial charge in [-0.05, 0) is 31.4 Å². The Balaban J connectivity index is 1.90. The van der Waals surface area contributed by atoms with Crippen LogP contribution in [0.2, 0.25) is 0 Å². The van der Waals surface area contributed by atoms with E-state index in [4.69, 9.17) is 4.84 Å². The molecule has 0 aromatic heterocycles. The molecule has 2 rings (SSSR count). The molecule has 0 atom stereocenters. The zero-order valence-corrected chi connectivity index (χ0v) is 10.2. The molecule has 17 heavy (non-hydrogen) atoms. The minimum absolute atomic E-state index is 0.0561. The van der Waals surface area contributed by atoms with Crippen LogP contribution in [0.4, 0.5) is 0 Å². The maximum absolute atomic E-state index is 11.1. The van der Waals surface area contributed by atoms with Gasteiger partial charge in [0.05, 0.1) is 0 Å². The van der Waals surface area contributed by atoms with E-state index in [1.807, 2.05) is 36.3 Å². The Hall–Kier alpha value is -1.35. The summed E-state index contributed by atoms with van der Waals surface area (Å²) in [6.07, 6.45) is 1.68. The van der Waals surface area contributed by atoms with Crippen molar-refractivity contribution in [3.8, 4) is 5.75 Å². The molecule has 1 aromatic rings. The molecule has 1 fully saturated rings. The van der Waals surface area contributed by atoms with E-state index in [-0.39, 0.29) is 11.7 Å². The summed E-state index contributed by atoms with van der Waals surface area (Å²) in [5.41, 5.74) is 1.13. The molecule has 3 heteroatoms. The number of hydrogen-bond acceptors (Lipinski definition) is 3. The number of aryl methyl sites for hydroxylation is 1. The van der Waals surface area contributed by atoms with Crippen molar-refractivity contribution in [3.63, 3.8) is 0 Å². The highest BCUT2D eigenvalue weighted by atomic mass is 16.7. The van der Waals surface area contributed by atoms with Crippen LogP contribution in [0.5, 0.6) is 5.75 Å². The number of ketones is 1. The summed E-state index contributed by atoms with van der Waals surface area (Å²) >= 11 is 0. The van der Waals surface area contributed by atoms with E-state index < -0.39 is 0 Å². The van der Waals surface area contributed by atoms with Crippen LogP contribution in [0.1, 0.15) is 18.4 Å². The van der Waals surface area contributed by atoms with Gasteiger partial charge in [0.15, 0.2) is 0 Å². The van der Waals surface area contributed by atoms with Gasteiger partial charge in [-0.3, -0.25) is 4.79 Å². The minimum atomic E-state index is 0.0561. The average Bonchev–Trinajstić information content (AvgIpc) is 2.33. The predicted octanol–water partition coefficient (Wildman–Crippen LogP) is 2.40. The highest BCUT2D eigenvalue weighted by Crippen LogP contribution is 2.22. The van der Waals surface area contributed by atoms with E-state index in [0.29, 0.717) is 0 Å². The molecule has 0 N–H and O–H groups in total.